The molecule has 0 aliphatic heterocycles. The first-order valence-electron chi connectivity index (χ1n) is 12.5. The third-order valence-electron chi connectivity index (χ3n) is 7.46. The van der Waals surface area contributed by atoms with Crippen LogP contribution in [0.25, 0.3) is 65.9 Å². The maximum atomic E-state index is 13.2. The molecule has 6 nitrogen and oxygen atoms in total. The summed E-state index contributed by atoms with van der Waals surface area (Å²) in [4.78, 5) is 32.9. The molecule has 0 aliphatic rings. The van der Waals surface area contributed by atoms with Crippen LogP contribution >= 0.6 is 0 Å². The van der Waals surface area contributed by atoms with E-state index in [0.29, 0.717) is 16.7 Å². The van der Waals surface area contributed by atoms with E-state index in [4.69, 9.17) is 4.74 Å². The van der Waals surface area contributed by atoms with E-state index in [9.17, 15) is 14.7 Å². The Hall–Kier alpha value is -5.36. The average molecular weight is 511 g/mol. The van der Waals surface area contributed by atoms with Gasteiger partial charge in [0.1, 0.15) is 0 Å². The monoisotopic (exact) mass is 510 g/mol. The molecule has 0 unspecified atom stereocenters. The molecule has 0 radical (unpaired) electrons. The van der Waals surface area contributed by atoms with Gasteiger partial charge < -0.3 is 19.8 Å². The quantitative estimate of drug-likeness (QED) is 0.211. The molecule has 0 aliphatic carbocycles. The summed E-state index contributed by atoms with van der Waals surface area (Å²) in [6, 6.07) is 30.7. The van der Waals surface area contributed by atoms with Crippen LogP contribution in [0.3, 0.4) is 0 Å². The maximum Gasteiger partial charge on any atom is 0.338 e. The minimum absolute atomic E-state index is 0.0944. The molecule has 7 aromatic rings. The standard InChI is InChI=1S/C33H22N2O4/c1-39-33(38)25-17-16-24(32(36)37)28(22-12-6-10-20-18-8-2-4-14-26(18)34-30(20)22)29(25)23-13-7-11-21-19-9-3-5-15-27(19)35-31(21)23/h2-17,34-35H,1H3,(H,36,37). The highest BCUT2D eigenvalue weighted by atomic mass is 16.5. The molecule has 0 saturated carbocycles. The van der Waals surface area contributed by atoms with E-state index in [1.165, 1.54) is 13.2 Å². The highest BCUT2D eigenvalue weighted by Crippen LogP contribution is 2.44. The van der Waals surface area contributed by atoms with E-state index in [1.807, 2.05) is 84.9 Å². The molecule has 6 heteroatoms. The number of aromatic amines is 2. The maximum absolute atomic E-state index is 13.2. The van der Waals surface area contributed by atoms with Crippen molar-refractivity contribution in [1.82, 2.24) is 9.97 Å². The number of esters is 1. The SMILES string of the molecule is COC(=O)c1ccc(C(=O)O)c(-c2cccc3c2[nH]c2ccccc23)c1-c1cccc2c1[nH]c1ccccc12. The summed E-state index contributed by atoms with van der Waals surface area (Å²) in [6.07, 6.45) is 0. The summed E-state index contributed by atoms with van der Waals surface area (Å²) < 4.78 is 5.19. The van der Waals surface area contributed by atoms with E-state index in [0.717, 1.165) is 49.2 Å². The van der Waals surface area contributed by atoms with Gasteiger partial charge in [-0.05, 0) is 24.3 Å². The Kier molecular flexibility index (Phi) is 5.03. The molecule has 0 fully saturated rings. The fourth-order valence-corrected chi connectivity index (χ4v) is 5.78. The van der Waals surface area contributed by atoms with Crippen molar-refractivity contribution in [1.29, 1.82) is 0 Å². The Bertz CT molecular complexity index is 2120. The Labute approximate surface area is 222 Å². The van der Waals surface area contributed by atoms with Crippen LogP contribution in [-0.2, 0) is 4.74 Å². The molecule has 2 heterocycles. The highest BCUT2D eigenvalue weighted by Gasteiger charge is 2.27. The van der Waals surface area contributed by atoms with Gasteiger partial charge in [-0.2, -0.15) is 0 Å². The largest absolute Gasteiger partial charge is 0.478 e. The Balaban J connectivity index is 1.67. The number of carbonyl (C=O) groups excluding carboxylic acids is 1. The summed E-state index contributed by atoms with van der Waals surface area (Å²) in [5.41, 5.74) is 6.26. The number of H-pyrrole nitrogens is 2. The van der Waals surface area contributed by atoms with E-state index < -0.39 is 11.9 Å². The summed E-state index contributed by atoms with van der Waals surface area (Å²) in [5, 5.41) is 14.4. The first-order valence-corrected chi connectivity index (χ1v) is 12.5. The number of nitrogens with one attached hydrogen (secondary N) is 2. The van der Waals surface area contributed by atoms with Crippen molar-refractivity contribution < 1.29 is 19.4 Å². The van der Waals surface area contributed by atoms with Crippen LogP contribution in [0.4, 0.5) is 0 Å². The number of aromatic nitrogens is 2. The van der Waals surface area contributed by atoms with Crippen molar-refractivity contribution in [3.63, 3.8) is 0 Å². The van der Waals surface area contributed by atoms with Crippen molar-refractivity contribution in [2.75, 3.05) is 7.11 Å². The van der Waals surface area contributed by atoms with Gasteiger partial charge in [-0.1, -0.05) is 72.8 Å². The fourth-order valence-electron chi connectivity index (χ4n) is 5.78. The molecule has 0 spiro atoms. The number of para-hydroxylation sites is 4. The second kappa shape index (κ2) is 8.60. The van der Waals surface area contributed by atoms with Gasteiger partial charge in [0.2, 0.25) is 0 Å². The number of carboxylic acid groups (broad SMARTS) is 1. The van der Waals surface area contributed by atoms with E-state index >= 15 is 0 Å². The molecule has 0 saturated heterocycles. The van der Waals surface area contributed by atoms with Crippen molar-refractivity contribution in [3.05, 3.63) is 108 Å². The number of benzene rings is 5. The van der Waals surface area contributed by atoms with Crippen molar-refractivity contribution in [2.24, 2.45) is 0 Å². The first-order chi connectivity index (χ1) is 19.1. The number of carbonyl (C=O) groups is 2. The van der Waals surface area contributed by atoms with Gasteiger partial charge in [0.15, 0.2) is 0 Å². The second-order valence-electron chi connectivity index (χ2n) is 9.50. The molecule has 3 N–H and O–H groups in total. The van der Waals surface area contributed by atoms with E-state index in [-0.39, 0.29) is 11.1 Å². The summed E-state index contributed by atoms with van der Waals surface area (Å²) in [6.45, 7) is 0. The number of methoxy groups -OCH3 is 1. The van der Waals surface area contributed by atoms with Gasteiger partial charge in [-0.15, -0.1) is 0 Å². The fraction of sp³-hybridized carbons (Fsp3) is 0.0303. The third-order valence-corrected chi connectivity index (χ3v) is 7.46. The number of fused-ring (bicyclic) bond motifs is 6. The Morgan fingerprint density at radius 1 is 0.590 bits per heavy atom. The molecule has 7 rings (SSSR count). The van der Waals surface area contributed by atoms with Crippen LogP contribution in [0.15, 0.2) is 97.1 Å². The van der Waals surface area contributed by atoms with E-state index in [1.54, 1.807) is 6.07 Å². The van der Waals surface area contributed by atoms with Gasteiger partial charge in [-0.3, -0.25) is 0 Å². The topological polar surface area (TPSA) is 95.2 Å². The first kappa shape index (κ1) is 22.8. The van der Waals surface area contributed by atoms with Crippen LogP contribution in [-0.4, -0.2) is 34.1 Å². The highest BCUT2D eigenvalue weighted by molar-refractivity contribution is 6.19. The molecule has 0 atom stereocenters. The molecule has 0 bridgehead atoms. The molecule has 5 aromatic carbocycles. The second-order valence-corrected chi connectivity index (χ2v) is 9.50. The van der Waals surface area contributed by atoms with Crippen molar-refractivity contribution in [3.8, 4) is 22.3 Å². The molecule has 188 valence electrons. The summed E-state index contributed by atoms with van der Waals surface area (Å²) in [5.74, 6) is -1.63. The van der Waals surface area contributed by atoms with Crippen molar-refractivity contribution >= 4 is 55.6 Å². The van der Waals surface area contributed by atoms with Gasteiger partial charge in [0, 0.05) is 54.8 Å². The third kappa shape index (κ3) is 3.35. The number of hydrogen-bond acceptors (Lipinski definition) is 3. The molecule has 2 aromatic heterocycles. The minimum atomic E-state index is -1.08. The van der Waals surface area contributed by atoms with Gasteiger partial charge in [0.05, 0.1) is 29.3 Å². The van der Waals surface area contributed by atoms with Crippen LogP contribution in [0.1, 0.15) is 20.7 Å². The molecule has 0 amide bonds. The van der Waals surface area contributed by atoms with Gasteiger partial charge >= 0.3 is 11.9 Å². The summed E-state index contributed by atoms with van der Waals surface area (Å²) in [7, 11) is 1.33. The van der Waals surface area contributed by atoms with Crippen LogP contribution < -0.4 is 0 Å². The van der Waals surface area contributed by atoms with Gasteiger partial charge in [-0.25, -0.2) is 9.59 Å². The number of carboxylic acids is 1. The zero-order chi connectivity index (χ0) is 26.7. The van der Waals surface area contributed by atoms with Crippen LogP contribution in [0.5, 0.6) is 0 Å². The number of aromatic carboxylic acids is 1. The summed E-state index contributed by atoms with van der Waals surface area (Å²) >= 11 is 0. The average Bonchev–Trinajstić information content (AvgIpc) is 3.54. The lowest BCUT2D eigenvalue weighted by atomic mass is 9.85. The minimum Gasteiger partial charge on any atom is -0.478 e. The van der Waals surface area contributed by atoms with Gasteiger partial charge in [0.25, 0.3) is 0 Å². The molecule has 39 heavy (non-hydrogen) atoms. The van der Waals surface area contributed by atoms with Crippen LogP contribution in [0, 0.1) is 0 Å². The number of rotatable bonds is 4. The number of ether oxygens (including phenoxy) is 1. The smallest absolute Gasteiger partial charge is 0.338 e. The van der Waals surface area contributed by atoms with Crippen molar-refractivity contribution in [2.45, 2.75) is 0 Å². The predicted octanol–water partition coefficient (Wildman–Crippen LogP) is 7.77. The molecular formula is C33H22N2O4. The Morgan fingerprint density at radius 2 is 1.05 bits per heavy atom. The normalized spacial score (nSPS) is 11.5. The van der Waals surface area contributed by atoms with E-state index in [2.05, 4.69) is 9.97 Å². The lowest BCUT2D eigenvalue weighted by Crippen LogP contribution is -2.09. The lowest BCUT2D eigenvalue weighted by molar-refractivity contribution is 0.0599. The zero-order valence-electron chi connectivity index (χ0n) is 20.9. The molecular weight excluding hydrogens is 488 g/mol. The predicted molar refractivity (Wildman–Crippen MR) is 154 cm³/mol. The Morgan fingerprint density at radius 3 is 1.56 bits per heavy atom. The number of hydrogen-bond donors (Lipinski definition) is 3. The lowest BCUT2D eigenvalue weighted by Gasteiger charge is -2.18. The van der Waals surface area contributed by atoms with Crippen LogP contribution in [0.2, 0.25) is 0 Å². The zero-order valence-corrected chi connectivity index (χ0v) is 20.9.